The SMILES string of the molecule is Cc1cnn(-c2ccc(NC(=O)C(C)C3CNC3)cc2F)c1. The Bertz CT molecular complexity index is 693. The van der Waals surface area contributed by atoms with Gasteiger partial charge in [-0.3, -0.25) is 4.79 Å². The number of aryl methyl sites for hydroxylation is 1. The summed E-state index contributed by atoms with van der Waals surface area (Å²) in [5.74, 6) is -0.221. The zero-order chi connectivity index (χ0) is 15.7. The molecule has 1 aliphatic heterocycles. The third kappa shape index (κ3) is 2.87. The second kappa shape index (κ2) is 5.88. The number of hydrogen-bond acceptors (Lipinski definition) is 3. The summed E-state index contributed by atoms with van der Waals surface area (Å²) < 4.78 is 15.7. The van der Waals surface area contributed by atoms with Crippen molar-refractivity contribution in [3.05, 3.63) is 42.0 Å². The van der Waals surface area contributed by atoms with Gasteiger partial charge >= 0.3 is 0 Å². The Morgan fingerprint density at radius 3 is 2.82 bits per heavy atom. The predicted molar refractivity (Wildman–Crippen MR) is 82.4 cm³/mol. The number of benzene rings is 1. The number of carbonyl (C=O) groups is 1. The number of hydrogen-bond donors (Lipinski definition) is 2. The quantitative estimate of drug-likeness (QED) is 0.909. The fourth-order valence-electron chi connectivity index (χ4n) is 2.45. The van der Waals surface area contributed by atoms with E-state index in [0.29, 0.717) is 17.3 Å². The molecule has 1 aliphatic rings. The van der Waals surface area contributed by atoms with E-state index in [2.05, 4.69) is 15.7 Å². The molecule has 0 bridgehead atoms. The number of nitrogens with one attached hydrogen (secondary N) is 2. The lowest BCUT2D eigenvalue weighted by Gasteiger charge is -2.31. The molecule has 1 amide bonds. The summed E-state index contributed by atoms with van der Waals surface area (Å²) in [6.45, 7) is 5.52. The Labute approximate surface area is 128 Å². The van der Waals surface area contributed by atoms with E-state index in [0.717, 1.165) is 18.7 Å². The summed E-state index contributed by atoms with van der Waals surface area (Å²) in [6, 6.07) is 4.64. The molecular weight excluding hydrogens is 283 g/mol. The van der Waals surface area contributed by atoms with Crippen molar-refractivity contribution in [3.8, 4) is 5.69 Å². The van der Waals surface area contributed by atoms with Crippen LogP contribution >= 0.6 is 0 Å². The van der Waals surface area contributed by atoms with E-state index in [4.69, 9.17) is 0 Å². The molecule has 2 heterocycles. The van der Waals surface area contributed by atoms with Crippen LogP contribution in [0.1, 0.15) is 12.5 Å². The summed E-state index contributed by atoms with van der Waals surface area (Å²) in [7, 11) is 0. The molecule has 6 heteroatoms. The highest BCUT2D eigenvalue weighted by Crippen LogP contribution is 2.21. The Morgan fingerprint density at radius 1 is 1.50 bits per heavy atom. The minimum absolute atomic E-state index is 0.0754. The monoisotopic (exact) mass is 302 g/mol. The van der Waals surface area contributed by atoms with Gasteiger partial charge in [-0.1, -0.05) is 6.92 Å². The van der Waals surface area contributed by atoms with Gasteiger partial charge in [-0.2, -0.15) is 5.10 Å². The molecule has 2 N–H and O–H groups in total. The van der Waals surface area contributed by atoms with Crippen molar-refractivity contribution in [1.82, 2.24) is 15.1 Å². The Hall–Kier alpha value is -2.21. The van der Waals surface area contributed by atoms with E-state index in [1.807, 2.05) is 13.8 Å². The number of amides is 1. The number of aromatic nitrogens is 2. The van der Waals surface area contributed by atoms with Gasteiger partial charge in [-0.15, -0.1) is 0 Å². The van der Waals surface area contributed by atoms with Gasteiger partial charge in [0.05, 0.1) is 6.20 Å². The third-order valence-electron chi connectivity index (χ3n) is 4.11. The second-order valence-corrected chi connectivity index (χ2v) is 5.82. The predicted octanol–water partition coefficient (Wildman–Crippen LogP) is 2.11. The standard InChI is InChI=1S/C16H19FN4O/c1-10-6-19-21(9-10)15-4-3-13(5-14(15)17)20-16(22)11(2)12-7-18-8-12/h3-6,9,11-12,18H,7-8H2,1-2H3,(H,20,22). The lowest BCUT2D eigenvalue weighted by molar-refractivity contribution is -0.121. The van der Waals surface area contributed by atoms with Crippen molar-refractivity contribution in [1.29, 1.82) is 0 Å². The summed E-state index contributed by atoms with van der Waals surface area (Å²) in [6.07, 6.45) is 3.42. The van der Waals surface area contributed by atoms with Gasteiger partial charge < -0.3 is 10.6 Å². The van der Waals surface area contributed by atoms with E-state index in [1.54, 1.807) is 24.5 Å². The average Bonchev–Trinajstić information content (AvgIpc) is 2.83. The van der Waals surface area contributed by atoms with Crippen LogP contribution in [0.5, 0.6) is 0 Å². The largest absolute Gasteiger partial charge is 0.326 e. The highest BCUT2D eigenvalue weighted by molar-refractivity contribution is 5.92. The van der Waals surface area contributed by atoms with Gasteiger partial charge in [-0.05, 0) is 49.7 Å². The first-order valence-electron chi connectivity index (χ1n) is 7.37. The zero-order valence-corrected chi connectivity index (χ0v) is 12.6. The minimum Gasteiger partial charge on any atom is -0.326 e. The second-order valence-electron chi connectivity index (χ2n) is 5.82. The van der Waals surface area contributed by atoms with Crippen LogP contribution in [0.2, 0.25) is 0 Å². The number of anilines is 1. The van der Waals surface area contributed by atoms with Crippen molar-refractivity contribution >= 4 is 11.6 Å². The molecule has 22 heavy (non-hydrogen) atoms. The Balaban J connectivity index is 1.73. The zero-order valence-electron chi connectivity index (χ0n) is 12.6. The third-order valence-corrected chi connectivity index (χ3v) is 4.11. The molecule has 1 unspecified atom stereocenters. The topological polar surface area (TPSA) is 59.0 Å². The van der Waals surface area contributed by atoms with Crippen LogP contribution in [-0.2, 0) is 4.79 Å². The lowest BCUT2D eigenvalue weighted by atomic mass is 9.88. The first-order valence-corrected chi connectivity index (χ1v) is 7.37. The van der Waals surface area contributed by atoms with Gasteiger partial charge in [0.2, 0.25) is 5.91 Å². The number of halogens is 1. The molecule has 1 atom stereocenters. The summed E-state index contributed by atoms with van der Waals surface area (Å²) in [5, 5.41) is 10.0. The summed E-state index contributed by atoms with van der Waals surface area (Å²) >= 11 is 0. The molecule has 0 saturated carbocycles. The van der Waals surface area contributed by atoms with Gasteiger partial charge in [0.15, 0.2) is 5.82 Å². The van der Waals surface area contributed by atoms with Gasteiger partial charge in [-0.25, -0.2) is 9.07 Å². The van der Waals surface area contributed by atoms with E-state index in [1.165, 1.54) is 10.7 Å². The molecule has 1 aromatic carbocycles. The van der Waals surface area contributed by atoms with Crippen LogP contribution in [0.25, 0.3) is 5.69 Å². The molecule has 1 fully saturated rings. The van der Waals surface area contributed by atoms with E-state index in [9.17, 15) is 9.18 Å². The van der Waals surface area contributed by atoms with E-state index < -0.39 is 5.82 Å². The van der Waals surface area contributed by atoms with Crippen LogP contribution in [0, 0.1) is 24.6 Å². The number of carbonyl (C=O) groups excluding carboxylic acids is 1. The van der Waals surface area contributed by atoms with E-state index in [-0.39, 0.29) is 11.8 Å². The molecule has 3 rings (SSSR count). The van der Waals surface area contributed by atoms with Crippen LogP contribution in [-0.4, -0.2) is 28.8 Å². The lowest BCUT2D eigenvalue weighted by Crippen LogP contribution is -2.48. The van der Waals surface area contributed by atoms with Crippen LogP contribution < -0.4 is 10.6 Å². The van der Waals surface area contributed by atoms with Gasteiger partial charge in [0.25, 0.3) is 0 Å². The van der Waals surface area contributed by atoms with Crippen molar-refractivity contribution in [2.45, 2.75) is 13.8 Å². The number of nitrogens with zero attached hydrogens (tertiary/aromatic N) is 2. The van der Waals surface area contributed by atoms with Crippen molar-refractivity contribution < 1.29 is 9.18 Å². The molecule has 0 radical (unpaired) electrons. The van der Waals surface area contributed by atoms with E-state index >= 15 is 0 Å². The molecule has 1 aromatic heterocycles. The van der Waals surface area contributed by atoms with Crippen LogP contribution in [0.4, 0.5) is 10.1 Å². The van der Waals surface area contributed by atoms with Crippen molar-refractivity contribution in [2.75, 3.05) is 18.4 Å². The van der Waals surface area contributed by atoms with Gasteiger partial charge in [0, 0.05) is 17.8 Å². The summed E-state index contributed by atoms with van der Waals surface area (Å²) in [4.78, 5) is 12.1. The van der Waals surface area contributed by atoms with Crippen molar-refractivity contribution in [2.24, 2.45) is 11.8 Å². The van der Waals surface area contributed by atoms with Crippen LogP contribution in [0.15, 0.2) is 30.6 Å². The molecular formula is C16H19FN4O. The highest BCUT2D eigenvalue weighted by atomic mass is 19.1. The molecule has 2 aromatic rings. The molecule has 0 aliphatic carbocycles. The molecule has 0 spiro atoms. The number of rotatable bonds is 4. The Morgan fingerprint density at radius 2 is 2.27 bits per heavy atom. The maximum atomic E-state index is 14.2. The van der Waals surface area contributed by atoms with Crippen LogP contribution in [0.3, 0.4) is 0 Å². The summed E-state index contributed by atoms with van der Waals surface area (Å²) in [5.41, 5.74) is 1.79. The smallest absolute Gasteiger partial charge is 0.227 e. The maximum absolute atomic E-state index is 14.2. The Kier molecular flexibility index (Phi) is 3.94. The first-order chi connectivity index (χ1) is 10.5. The minimum atomic E-state index is -0.418. The van der Waals surface area contributed by atoms with Crippen molar-refractivity contribution in [3.63, 3.8) is 0 Å². The first kappa shape index (κ1) is 14.7. The average molecular weight is 302 g/mol. The maximum Gasteiger partial charge on any atom is 0.227 e. The highest BCUT2D eigenvalue weighted by Gasteiger charge is 2.28. The fraction of sp³-hybridized carbons (Fsp3) is 0.375. The van der Waals surface area contributed by atoms with Gasteiger partial charge in [0.1, 0.15) is 5.69 Å². The fourth-order valence-corrected chi connectivity index (χ4v) is 2.45. The molecule has 5 nitrogen and oxygen atoms in total. The molecule has 116 valence electrons. The normalized spacial score (nSPS) is 16.1. The molecule has 1 saturated heterocycles.